The standard InChI is InChI=1S/C42H58N2O10/c1-42(2,3)54-41(48)43-36(27-30-11-7-6-8-12-30)37(45)29-35(40(47)44(4)39-34-14-10-9-13-32(34)28-38(39)46)31-15-17-33(18-16-31)53-26-25-52-24-23-51-22-21-50-20-19-49-5/h6-18,35-39,45-46H,19-29H2,1-5H3,(H,43,48)/t35-,36+,37+,38-,39+/m1/s1. The Morgan fingerprint density at radius 3 is 2.06 bits per heavy atom. The maximum absolute atomic E-state index is 14.5. The molecule has 296 valence electrons. The second-order valence-corrected chi connectivity index (χ2v) is 14.4. The molecule has 0 aliphatic heterocycles. The normalized spacial score (nSPS) is 16.9. The summed E-state index contributed by atoms with van der Waals surface area (Å²) in [5.41, 5.74) is 2.73. The molecule has 0 aromatic heterocycles. The van der Waals surface area contributed by atoms with Crippen LogP contribution in [0.25, 0.3) is 0 Å². The number of nitrogens with one attached hydrogen (secondary N) is 1. The van der Waals surface area contributed by atoms with E-state index in [9.17, 15) is 19.8 Å². The molecule has 0 unspecified atom stereocenters. The number of hydrogen-bond donors (Lipinski definition) is 3. The highest BCUT2D eigenvalue weighted by Crippen LogP contribution is 2.38. The molecule has 12 nitrogen and oxygen atoms in total. The summed E-state index contributed by atoms with van der Waals surface area (Å²) in [4.78, 5) is 29.1. The second-order valence-electron chi connectivity index (χ2n) is 14.4. The minimum Gasteiger partial charge on any atom is -0.491 e. The molecule has 0 spiro atoms. The zero-order valence-corrected chi connectivity index (χ0v) is 32.3. The van der Waals surface area contributed by atoms with Gasteiger partial charge in [0.15, 0.2) is 0 Å². The Labute approximate surface area is 319 Å². The Hall–Kier alpha value is -4.04. The van der Waals surface area contributed by atoms with Crippen molar-refractivity contribution in [3.05, 3.63) is 101 Å². The second kappa shape index (κ2) is 21.7. The first-order chi connectivity index (χ1) is 26.0. The maximum Gasteiger partial charge on any atom is 0.407 e. The first-order valence-electron chi connectivity index (χ1n) is 18.7. The summed E-state index contributed by atoms with van der Waals surface area (Å²) < 4.78 is 32.8. The van der Waals surface area contributed by atoms with Crippen molar-refractivity contribution >= 4 is 12.0 Å². The largest absolute Gasteiger partial charge is 0.491 e. The SMILES string of the molecule is COCCOCCOCCOCCOc1ccc([C@@H](C[C@H](O)[C@H](Cc2ccccc2)NC(=O)OC(C)(C)C)C(=O)N(C)[C@H]2c3ccccc3C[C@H]2O)cc1. The number of nitrogens with zero attached hydrogens (tertiary/aromatic N) is 1. The number of carbonyl (C=O) groups excluding carboxylic acids is 2. The van der Waals surface area contributed by atoms with E-state index in [1.165, 1.54) is 0 Å². The van der Waals surface area contributed by atoms with Crippen molar-refractivity contribution in [3.63, 3.8) is 0 Å². The first kappa shape index (κ1) is 42.7. The van der Waals surface area contributed by atoms with E-state index in [-0.39, 0.29) is 12.3 Å². The molecule has 4 rings (SSSR count). The molecule has 1 aliphatic rings. The smallest absolute Gasteiger partial charge is 0.407 e. The predicted molar refractivity (Wildman–Crippen MR) is 205 cm³/mol. The first-order valence-corrected chi connectivity index (χ1v) is 18.7. The Morgan fingerprint density at radius 1 is 0.833 bits per heavy atom. The molecule has 0 saturated heterocycles. The van der Waals surface area contributed by atoms with Crippen molar-refractivity contribution in [3.8, 4) is 5.75 Å². The van der Waals surface area contributed by atoms with Gasteiger partial charge in [-0.15, -0.1) is 0 Å². The van der Waals surface area contributed by atoms with Gasteiger partial charge in [0.1, 0.15) is 18.0 Å². The molecule has 54 heavy (non-hydrogen) atoms. The Kier molecular flexibility index (Phi) is 17.2. The van der Waals surface area contributed by atoms with Gasteiger partial charge in [-0.05, 0) is 68.0 Å². The molecule has 0 fully saturated rings. The average molecular weight is 751 g/mol. The van der Waals surface area contributed by atoms with Gasteiger partial charge in [0.05, 0.1) is 76.5 Å². The van der Waals surface area contributed by atoms with Crippen LogP contribution in [0.3, 0.4) is 0 Å². The van der Waals surface area contributed by atoms with Gasteiger partial charge in [0, 0.05) is 20.6 Å². The van der Waals surface area contributed by atoms with Crippen LogP contribution in [0.5, 0.6) is 5.75 Å². The molecule has 2 amide bonds. The third kappa shape index (κ3) is 13.7. The van der Waals surface area contributed by atoms with Crippen LogP contribution in [0, 0.1) is 0 Å². The van der Waals surface area contributed by atoms with E-state index in [4.69, 9.17) is 28.4 Å². The molecular formula is C42H58N2O10. The van der Waals surface area contributed by atoms with Crippen molar-refractivity contribution in [1.82, 2.24) is 10.2 Å². The van der Waals surface area contributed by atoms with Crippen LogP contribution < -0.4 is 10.1 Å². The van der Waals surface area contributed by atoms with E-state index in [2.05, 4.69) is 5.32 Å². The van der Waals surface area contributed by atoms with Crippen molar-refractivity contribution < 1.29 is 48.2 Å². The number of aliphatic hydroxyl groups is 2. The van der Waals surface area contributed by atoms with Gasteiger partial charge in [-0.2, -0.15) is 0 Å². The summed E-state index contributed by atoms with van der Waals surface area (Å²) in [5, 5.41) is 25.8. The Balaban J connectivity index is 1.45. The third-order valence-corrected chi connectivity index (χ3v) is 9.13. The monoisotopic (exact) mass is 750 g/mol. The topological polar surface area (TPSA) is 145 Å². The third-order valence-electron chi connectivity index (χ3n) is 9.13. The van der Waals surface area contributed by atoms with Crippen molar-refractivity contribution in [1.29, 1.82) is 0 Å². The fourth-order valence-corrected chi connectivity index (χ4v) is 6.50. The van der Waals surface area contributed by atoms with Crippen LogP contribution in [-0.2, 0) is 41.3 Å². The molecule has 0 bridgehead atoms. The predicted octanol–water partition coefficient (Wildman–Crippen LogP) is 4.85. The molecular weight excluding hydrogens is 692 g/mol. The Morgan fingerprint density at radius 2 is 1.43 bits per heavy atom. The van der Waals surface area contributed by atoms with E-state index >= 15 is 0 Å². The number of fused-ring (bicyclic) bond motifs is 1. The molecule has 3 aromatic rings. The lowest BCUT2D eigenvalue weighted by atomic mass is 9.87. The number of alkyl carbamates (subject to hydrolysis) is 1. The summed E-state index contributed by atoms with van der Waals surface area (Å²) in [6.45, 7) is 8.94. The highest BCUT2D eigenvalue weighted by atomic mass is 16.6. The molecule has 5 atom stereocenters. The van der Waals surface area contributed by atoms with Crippen molar-refractivity contribution in [2.75, 3.05) is 67.0 Å². The summed E-state index contributed by atoms with van der Waals surface area (Å²) in [7, 11) is 3.32. The lowest BCUT2D eigenvalue weighted by molar-refractivity contribution is -0.136. The molecule has 0 radical (unpaired) electrons. The fourth-order valence-electron chi connectivity index (χ4n) is 6.50. The maximum atomic E-state index is 14.5. The number of hydrogen-bond acceptors (Lipinski definition) is 10. The number of methoxy groups -OCH3 is 1. The highest BCUT2D eigenvalue weighted by molar-refractivity contribution is 5.84. The number of benzene rings is 3. The number of carbonyl (C=O) groups is 2. The number of ether oxygens (including phenoxy) is 6. The average Bonchev–Trinajstić information content (AvgIpc) is 3.48. The van der Waals surface area contributed by atoms with Gasteiger partial charge >= 0.3 is 6.09 Å². The lowest BCUT2D eigenvalue weighted by Crippen LogP contribution is -2.48. The fraction of sp³-hybridized carbons (Fsp3) is 0.524. The van der Waals surface area contributed by atoms with Gasteiger partial charge < -0.3 is 48.9 Å². The van der Waals surface area contributed by atoms with Crippen LogP contribution >= 0.6 is 0 Å². The van der Waals surface area contributed by atoms with Crippen molar-refractivity contribution in [2.24, 2.45) is 0 Å². The summed E-state index contributed by atoms with van der Waals surface area (Å²) in [6.07, 6.45) is -1.81. The highest BCUT2D eigenvalue weighted by Gasteiger charge is 2.39. The lowest BCUT2D eigenvalue weighted by Gasteiger charge is -2.34. The van der Waals surface area contributed by atoms with Crippen LogP contribution in [-0.4, -0.2) is 118 Å². The number of amides is 2. The van der Waals surface area contributed by atoms with E-state index in [0.29, 0.717) is 77.0 Å². The summed E-state index contributed by atoms with van der Waals surface area (Å²) in [5.74, 6) is -0.483. The van der Waals surface area contributed by atoms with E-state index in [1.807, 2.05) is 66.7 Å². The van der Waals surface area contributed by atoms with Gasteiger partial charge in [-0.25, -0.2) is 4.79 Å². The van der Waals surface area contributed by atoms with E-state index in [1.54, 1.807) is 52.0 Å². The molecule has 3 N–H and O–H groups in total. The Bertz CT molecular complexity index is 1550. The van der Waals surface area contributed by atoms with Crippen LogP contribution in [0.2, 0.25) is 0 Å². The number of aliphatic hydroxyl groups excluding tert-OH is 2. The van der Waals surface area contributed by atoms with Crippen LogP contribution in [0.15, 0.2) is 78.9 Å². The van der Waals surface area contributed by atoms with Crippen LogP contribution in [0.4, 0.5) is 4.79 Å². The molecule has 0 heterocycles. The van der Waals surface area contributed by atoms with Gasteiger partial charge in [0.25, 0.3) is 0 Å². The zero-order chi connectivity index (χ0) is 38.9. The van der Waals surface area contributed by atoms with E-state index in [0.717, 1.165) is 16.7 Å². The summed E-state index contributed by atoms with van der Waals surface area (Å²) >= 11 is 0. The minimum absolute atomic E-state index is 0.00364. The van der Waals surface area contributed by atoms with Gasteiger partial charge in [-0.1, -0.05) is 66.7 Å². The molecule has 12 heteroatoms. The van der Waals surface area contributed by atoms with Crippen LogP contribution in [0.1, 0.15) is 61.4 Å². The minimum atomic E-state index is -1.14. The zero-order valence-electron chi connectivity index (χ0n) is 32.3. The van der Waals surface area contributed by atoms with Gasteiger partial charge in [0.2, 0.25) is 5.91 Å². The molecule has 0 saturated carbocycles. The quantitative estimate of drug-likeness (QED) is 0.122. The number of likely N-dealkylation sites (N-methyl/N-ethyl adjacent to an activating group) is 1. The number of rotatable bonds is 22. The summed E-state index contributed by atoms with van der Waals surface area (Å²) in [6, 6.07) is 23.2. The molecule has 3 aromatic carbocycles. The van der Waals surface area contributed by atoms with Crippen molar-refractivity contribution in [2.45, 2.75) is 75.8 Å². The van der Waals surface area contributed by atoms with Gasteiger partial charge in [-0.3, -0.25) is 4.79 Å². The van der Waals surface area contributed by atoms with E-state index < -0.39 is 41.9 Å². The molecule has 1 aliphatic carbocycles.